The number of rotatable bonds is 7. The maximum Gasteiger partial charge on any atom is 0.274 e. The van der Waals surface area contributed by atoms with E-state index in [4.69, 9.17) is 21.1 Å². The molecule has 0 amide bonds. The Morgan fingerprint density at radius 3 is 2.63 bits per heavy atom. The highest BCUT2D eigenvalue weighted by atomic mass is 35.5. The summed E-state index contributed by atoms with van der Waals surface area (Å²) in [6, 6.07) is 2.62. The second-order valence-corrected chi connectivity index (χ2v) is 4.79. The number of ether oxygens (including phenoxy) is 2. The molecule has 0 unspecified atom stereocenters. The zero-order chi connectivity index (χ0) is 14.4. The Labute approximate surface area is 117 Å². The maximum atomic E-state index is 10.8. The smallest absolute Gasteiger partial charge is 0.274 e. The molecule has 0 bridgehead atoms. The summed E-state index contributed by atoms with van der Waals surface area (Å²) in [7, 11) is 0. The fraction of sp³-hybridized carbons (Fsp3) is 0.538. The van der Waals surface area contributed by atoms with Gasteiger partial charge >= 0.3 is 0 Å². The summed E-state index contributed by atoms with van der Waals surface area (Å²) < 4.78 is 11.1. The summed E-state index contributed by atoms with van der Waals surface area (Å²) in [5.41, 5.74) is -0.104. The Morgan fingerprint density at radius 1 is 1.42 bits per heavy atom. The Bertz CT molecular complexity index is 449. The highest BCUT2D eigenvalue weighted by Crippen LogP contribution is 2.39. The van der Waals surface area contributed by atoms with Gasteiger partial charge in [0.25, 0.3) is 5.69 Å². The minimum Gasteiger partial charge on any atom is -0.489 e. The van der Waals surface area contributed by atoms with E-state index in [1.54, 1.807) is 0 Å². The Kier molecular flexibility index (Phi) is 5.89. The molecule has 1 aromatic carbocycles. The summed E-state index contributed by atoms with van der Waals surface area (Å²) in [6.07, 6.45) is 1.75. The van der Waals surface area contributed by atoms with E-state index >= 15 is 0 Å². The predicted octanol–water partition coefficient (Wildman–Crippen LogP) is 4.21. The van der Waals surface area contributed by atoms with Gasteiger partial charge in [-0.1, -0.05) is 24.9 Å². The van der Waals surface area contributed by atoms with Crippen molar-refractivity contribution in [1.82, 2.24) is 0 Å². The van der Waals surface area contributed by atoms with Crippen LogP contribution >= 0.6 is 11.6 Å². The third-order valence-electron chi connectivity index (χ3n) is 2.31. The second-order valence-electron chi connectivity index (χ2n) is 4.38. The largest absolute Gasteiger partial charge is 0.489 e. The average molecular weight is 288 g/mol. The predicted molar refractivity (Wildman–Crippen MR) is 74.3 cm³/mol. The number of nitro groups is 1. The lowest BCUT2D eigenvalue weighted by atomic mass is 10.2. The van der Waals surface area contributed by atoms with Gasteiger partial charge in [-0.3, -0.25) is 10.1 Å². The zero-order valence-corrected chi connectivity index (χ0v) is 12.1. The summed E-state index contributed by atoms with van der Waals surface area (Å²) in [5, 5.41) is 11.0. The van der Waals surface area contributed by atoms with Gasteiger partial charge in [-0.25, -0.2) is 0 Å². The van der Waals surface area contributed by atoms with Crippen LogP contribution in [0.5, 0.6) is 11.5 Å². The van der Waals surface area contributed by atoms with E-state index in [2.05, 4.69) is 0 Å². The molecule has 106 valence electrons. The molecule has 0 atom stereocenters. The molecule has 0 spiro atoms. The fourth-order valence-corrected chi connectivity index (χ4v) is 1.69. The lowest BCUT2D eigenvalue weighted by Gasteiger charge is -2.16. The van der Waals surface area contributed by atoms with Crippen LogP contribution in [0.3, 0.4) is 0 Å². The molecule has 0 radical (unpaired) electrons. The maximum absolute atomic E-state index is 10.8. The van der Waals surface area contributed by atoms with Gasteiger partial charge in [0.05, 0.1) is 28.7 Å². The number of halogens is 1. The van der Waals surface area contributed by atoms with Crippen LogP contribution < -0.4 is 9.47 Å². The van der Waals surface area contributed by atoms with Crippen molar-refractivity contribution in [2.24, 2.45) is 0 Å². The number of benzene rings is 1. The van der Waals surface area contributed by atoms with Crippen molar-refractivity contribution in [3.8, 4) is 11.5 Å². The van der Waals surface area contributed by atoms with Crippen molar-refractivity contribution in [3.63, 3.8) is 0 Å². The average Bonchev–Trinajstić information content (AvgIpc) is 2.32. The molecule has 0 aliphatic heterocycles. The van der Waals surface area contributed by atoms with Crippen molar-refractivity contribution in [2.75, 3.05) is 6.61 Å². The highest BCUT2D eigenvalue weighted by Gasteiger charge is 2.18. The fourth-order valence-electron chi connectivity index (χ4n) is 1.44. The van der Waals surface area contributed by atoms with Crippen molar-refractivity contribution < 1.29 is 14.4 Å². The molecule has 19 heavy (non-hydrogen) atoms. The van der Waals surface area contributed by atoms with Crippen LogP contribution in [0.1, 0.15) is 33.6 Å². The van der Waals surface area contributed by atoms with E-state index in [0.29, 0.717) is 18.1 Å². The van der Waals surface area contributed by atoms with Gasteiger partial charge in [0.2, 0.25) is 0 Å². The van der Waals surface area contributed by atoms with E-state index < -0.39 is 4.92 Å². The normalized spacial score (nSPS) is 10.6. The second kappa shape index (κ2) is 7.19. The van der Waals surface area contributed by atoms with Gasteiger partial charge in [0.15, 0.2) is 11.5 Å². The van der Waals surface area contributed by atoms with E-state index in [1.807, 2.05) is 20.8 Å². The van der Waals surface area contributed by atoms with Crippen molar-refractivity contribution >= 4 is 17.3 Å². The standard InChI is InChI=1S/C13H18ClNO4/c1-4-5-6-18-12-8-10(15(16)17)7-11(14)13(12)19-9(2)3/h7-9H,4-6H2,1-3H3. The quantitative estimate of drug-likeness (QED) is 0.428. The first-order valence-electron chi connectivity index (χ1n) is 6.23. The zero-order valence-electron chi connectivity index (χ0n) is 11.3. The molecule has 6 heteroatoms. The minimum absolute atomic E-state index is 0.0903. The molecule has 0 saturated carbocycles. The molecule has 0 aromatic heterocycles. The molecule has 5 nitrogen and oxygen atoms in total. The van der Waals surface area contributed by atoms with E-state index in [-0.39, 0.29) is 16.8 Å². The van der Waals surface area contributed by atoms with Crippen molar-refractivity contribution in [1.29, 1.82) is 0 Å². The van der Waals surface area contributed by atoms with E-state index in [0.717, 1.165) is 12.8 Å². The molecule has 0 heterocycles. The van der Waals surface area contributed by atoms with Gasteiger partial charge in [-0.2, -0.15) is 0 Å². The van der Waals surface area contributed by atoms with Crippen LogP contribution in [0.25, 0.3) is 0 Å². The number of nitro benzene ring substituents is 1. The Morgan fingerprint density at radius 2 is 2.11 bits per heavy atom. The minimum atomic E-state index is -0.502. The molecular weight excluding hydrogens is 270 g/mol. The molecule has 0 aliphatic carbocycles. The van der Waals surface area contributed by atoms with Crippen LogP contribution in [0.15, 0.2) is 12.1 Å². The first-order chi connectivity index (χ1) is 8.95. The SMILES string of the molecule is CCCCOc1cc([N+](=O)[O-])cc(Cl)c1OC(C)C. The van der Waals surface area contributed by atoms with Gasteiger partial charge in [0, 0.05) is 6.07 Å². The Hall–Kier alpha value is -1.49. The first kappa shape index (κ1) is 15.6. The van der Waals surface area contributed by atoms with Crippen LogP contribution in [0.4, 0.5) is 5.69 Å². The molecule has 0 aliphatic rings. The summed E-state index contributed by atoms with van der Waals surface area (Å²) in [4.78, 5) is 10.3. The molecule has 0 fully saturated rings. The Balaban J connectivity index is 3.07. The first-order valence-corrected chi connectivity index (χ1v) is 6.60. The number of unbranched alkanes of at least 4 members (excludes halogenated alkanes) is 1. The number of hydrogen-bond donors (Lipinski definition) is 0. The summed E-state index contributed by atoms with van der Waals surface area (Å²) in [5.74, 6) is 0.680. The van der Waals surface area contributed by atoms with E-state index in [1.165, 1.54) is 12.1 Å². The number of non-ortho nitro benzene ring substituents is 1. The number of nitrogens with zero attached hydrogens (tertiary/aromatic N) is 1. The van der Waals surface area contributed by atoms with Crippen LogP contribution in [-0.2, 0) is 0 Å². The third kappa shape index (κ3) is 4.59. The van der Waals surface area contributed by atoms with E-state index in [9.17, 15) is 10.1 Å². The molecule has 1 aromatic rings. The lowest BCUT2D eigenvalue weighted by Crippen LogP contribution is -2.08. The van der Waals surface area contributed by atoms with Crippen molar-refractivity contribution in [3.05, 3.63) is 27.3 Å². The van der Waals surface area contributed by atoms with Gasteiger partial charge < -0.3 is 9.47 Å². The molecular formula is C13H18ClNO4. The van der Waals surface area contributed by atoms with Gasteiger partial charge in [-0.15, -0.1) is 0 Å². The van der Waals surface area contributed by atoms with Crippen LogP contribution in [0.2, 0.25) is 5.02 Å². The van der Waals surface area contributed by atoms with Gasteiger partial charge in [0.1, 0.15) is 0 Å². The van der Waals surface area contributed by atoms with Crippen molar-refractivity contribution in [2.45, 2.75) is 39.7 Å². The van der Waals surface area contributed by atoms with Crippen LogP contribution in [0, 0.1) is 10.1 Å². The lowest BCUT2D eigenvalue weighted by molar-refractivity contribution is -0.384. The topological polar surface area (TPSA) is 61.6 Å². The highest BCUT2D eigenvalue weighted by molar-refractivity contribution is 6.32. The third-order valence-corrected chi connectivity index (χ3v) is 2.59. The molecule has 1 rings (SSSR count). The number of hydrogen-bond acceptors (Lipinski definition) is 4. The van der Waals surface area contributed by atoms with Crippen LogP contribution in [-0.4, -0.2) is 17.6 Å². The summed E-state index contributed by atoms with van der Waals surface area (Å²) >= 11 is 6.03. The molecule has 0 N–H and O–H groups in total. The monoisotopic (exact) mass is 287 g/mol. The summed E-state index contributed by atoms with van der Waals surface area (Å²) in [6.45, 7) is 6.22. The molecule has 0 saturated heterocycles. The van der Waals surface area contributed by atoms with Gasteiger partial charge in [-0.05, 0) is 20.3 Å².